The lowest BCUT2D eigenvalue weighted by molar-refractivity contribution is 0.0628. The highest BCUT2D eigenvalue weighted by atomic mass is 16.5. The molecule has 1 atom stereocenters. The van der Waals surface area contributed by atoms with Crippen LogP contribution in [-0.2, 0) is 0 Å². The van der Waals surface area contributed by atoms with Gasteiger partial charge in [-0.2, -0.15) is 0 Å². The van der Waals surface area contributed by atoms with Gasteiger partial charge in [0.15, 0.2) is 0 Å². The summed E-state index contributed by atoms with van der Waals surface area (Å²) in [6.07, 6.45) is 3.31. The fraction of sp³-hybridized carbons (Fsp3) is 0.533. The summed E-state index contributed by atoms with van der Waals surface area (Å²) in [5.74, 6) is 1.14. The first-order valence-electron chi connectivity index (χ1n) is 6.71. The minimum Gasteiger partial charge on any atom is -0.496 e. The maximum absolute atomic E-state index is 12.7. The number of ether oxygens (including phenoxy) is 2. The van der Waals surface area contributed by atoms with E-state index in [0.717, 1.165) is 19.4 Å². The first kappa shape index (κ1) is 13.7. The van der Waals surface area contributed by atoms with Crippen molar-refractivity contribution in [1.82, 2.24) is 4.90 Å². The zero-order valence-corrected chi connectivity index (χ0v) is 11.8. The number of amides is 1. The predicted molar refractivity (Wildman–Crippen MR) is 73.9 cm³/mol. The SMILES string of the molecule is COc1cccc(OC)c1C(=O)N1CCCCC1C. The van der Waals surface area contributed by atoms with Crippen molar-refractivity contribution in [2.45, 2.75) is 32.2 Å². The molecule has 0 aromatic heterocycles. The smallest absolute Gasteiger partial charge is 0.261 e. The number of hydrogen-bond donors (Lipinski definition) is 0. The fourth-order valence-corrected chi connectivity index (χ4v) is 2.61. The molecule has 1 aromatic carbocycles. The quantitative estimate of drug-likeness (QED) is 0.841. The highest BCUT2D eigenvalue weighted by Crippen LogP contribution is 2.31. The average Bonchev–Trinajstić information content (AvgIpc) is 2.46. The molecule has 4 nitrogen and oxygen atoms in total. The van der Waals surface area contributed by atoms with Crippen molar-refractivity contribution in [1.29, 1.82) is 0 Å². The summed E-state index contributed by atoms with van der Waals surface area (Å²) in [4.78, 5) is 14.7. The standard InChI is InChI=1S/C15H21NO3/c1-11-7-4-5-10-16(11)15(17)14-12(18-2)8-6-9-13(14)19-3/h6,8-9,11H,4-5,7,10H2,1-3H3. The molecule has 1 heterocycles. The van der Waals surface area contributed by atoms with Crippen LogP contribution in [0.4, 0.5) is 0 Å². The van der Waals surface area contributed by atoms with Crippen molar-refractivity contribution in [3.05, 3.63) is 23.8 Å². The summed E-state index contributed by atoms with van der Waals surface area (Å²) in [6.45, 7) is 2.90. The van der Waals surface area contributed by atoms with Crippen LogP contribution in [0.3, 0.4) is 0 Å². The monoisotopic (exact) mass is 263 g/mol. The molecule has 0 bridgehead atoms. The molecule has 19 heavy (non-hydrogen) atoms. The van der Waals surface area contributed by atoms with E-state index in [1.165, 1.54) is 6.42 Å². The first-order chi connectivity index (χ1) is 9.19. The van der Waals surface area contributed by atoms with Gasteiger partial charge in [-0.3, -0.25) is 4.79 Å². The van der Waals surface area contributed by atoms with E-state index in [1.54, 1.807) is 26.4 Å². The van der Waals surface area contributed by atoms with Crippen LogP contribution in [0.2, 0.25) is 0 Å². The summed E-state index contributed by atoms with van der Waals surface area (Å²) in [6, 6.07) is 5.69. The highest BCUT2D eigenvalue weighted by Gasteiger charge is 2.28. The topological polar surface area (TPSA) is 38.8 Å². The normalized spacial score (nSPS) is 19.1. The molecule has 0 saturated carbocycles. The highest BCUT2D eigenvalue weighted by molar-refractivity contribution is 6.00. The van der Waals surface area contributed by atoms with Gasteiger partial charge in [-0.05, 0) is 38.3 Å². The lowest BCUT2D eigenvalue weighted by Crippen LogP contribution is -2.42. The van der Waals surface area contributed by atoms with Crippen molar-refractivity contribution in [3.63, 3.8) is 0 Å². The second-order valence-electron chi connectivity index (χ2n) is 4.88. The lowest BCUT2D eigenvalue weighted by atomic mass is 10.0. The van der Waals surface area contributed by atoms with Crippen LogP contribution in [0.1, 0.15) is 36.5 Å². The molecule has 104 valence electrons. The van der Waals surface area contributed by atoms with Gasteiger partial charge in [0.2, 0.25) is 0 Å². The average molecular weight is 263 g/mol. The predicted octanol–water partition coefficient (Wildman–Crippen LogP) is 2.72. The molecule has 0 radical (unpaired) electrons. The fourth-order valence-electron chi connectivity index (χ4n) is 2.61. The Morgan fingerprint density at radius 2 is 1.84 bits per heavy atom. The molecular weight excluding hydrogens is 242 g/mol. The van der Waals surface area contributed by atoms with Gasteiger partial charge in [0.25, 0.3) is 5.91 Å². The maximum atomic E-state index is 12.7. The summed E-state index contributed by atoms with van der Waals surface area (Å²) in [5.41, 5.74) is 0.529. The molecule has 1 aliphatic rings. The number of likely N-dealkylation sites (tertiary alicyclic amines) is 1. The van der Waals surface area contributed by atoms with Crippen molar-refractivity contribution >= 4 is 5.91 Å². The Morgan fingerprint density at radius 3 is 2.37 bits per heavy atom. The second-order valence-corrected chi connectivity index (χ2v) is 4.88. The maximum Gasteiger partial charge on any atom is 0.261 e. The van der Waals surface area contributed by atoms with Crippen LogP contribution in [0.25, 0.3) is 0 Å². The van der Waals surface area contributed by atoms with Crippen molar-refractivity contribution in [2.24, 2.45) is 0 Å². The zero-order valence-electron chi connectivity index (χ0n) is 11.8. The van der Waals surface area contributed by atoms with Gasteiger partial charge in [-0.1, -0.05) is 6.07 Å². The van der Waals surface area contributed by atoms with E-state index >= 15 is 0 Å². The molecule has 0 N–H and O–H groups in total. The Morgan fingerprint density at radius 1 is 1.21 bits per heavy atom. The minimum absolute atomic E-state index is 0.00139. The molecule has 1 aliphatic heterocycles. The molecular formula is C15H21NO3. The molecule has 1 unspecified atom stereocenters. The Labute approximate surface area is 114 Å². The molecule has 0 aliphatic carbocycles. The molecule has 1 saturated heterocycles. The summed E-state index contributed by atoms with van der Waals surface area (Å²) in [5, 5.41) is 0. The molecule has 2 rings (SSSR count). The van der Waals surface area contributed by atoms with Gasteiger partial charge >= 0.3 is 0 Å². The third-order valence-corrected chi connectivity index (χ3v) is 3.71. The summed E-state index contributed by atoms with van der Waals surface area (Å²) in [7, 11) is 3.15. The van der Waals surface area contributed by atoms with Crippen LogP contribution >= 0.6 is 0 Å². The Bertz CT molecular complexity index is 436. The minimum atomic E-state index is 0.00139. The van der Waals surface area contributed by atoms with Crippen LogP contribution in [0.15, 0.2) is 18.2 Å². The van der Waals surface area contributed by atoms with Crippen molar-refractivity contribution in [3.8, 4) is 11.5 Å². The third kappa shape index (κ3) is 2.67. The number of piperidine rings is 1. The number of nitrogens with zero attached hydrogens (tertiary/aromatic N) is 1. The second kappa shape index (κ2) is 5.95. The van der Waals surface area contributed by atoms with E-state index in [0.29, 0.717) is 17.1 Å². The Kier molecular flexibility index (Phi) is 4.30. The van der Waals surface area contributed by atoms with Gasteiger partial charge in [-0.15, -0.1) is 0 Å². The van der Waals surface area contributed by atoms with E-state index in [-0.39, 0.29) is 11.9 Å². The van der Waals surface area contributed by atoms with Gasteiger partial charge < -0.3 is 14.4 Å². The molecule has 1 fully saturated rings. The van der Waals surface area contributed by atoms with E-state index < -0.39 is 0 Å². The molecule has 0 spiro atoms. The number of rotatable bonds is 3. The number of benzene rings is 1. The molecule has 1 aromatic rings. The van der Waals surface area contributed by atoms with Crippen LogP contribution in [0, 0.1) is 0 Å². The van der Waals surface area contributed by atoms with Crippen molar-refractivity contribution < 1.29 is 14.3 Å². The summed E-state index contributed by atoms with van der Waals surface area (Å²) < 4.78 is 10.6. The van der Waals surface area contributed by atoms with Crippen LogP contribution in [0.5, 0.6) is 11.5 Å². The zero-order chi connectivity index (χ0) is 13.8. The largest absolute Gasteiger partial charge is 0.496 e. The van der Waals surface area contributed by atoms with Crippen molar-refractivity contribution in [2.75, 3.05) is 20.8 Å². The Hall–Kier alpha value is -1.71. The van der Waals surface area contributed by atoms with E-state index in [2.05, 4.69) is 6.92 Å². The number of hydrogen-bond acceptors (Lipinski definition) is 3. The molecule has 4 heteroatoms. The van der Waals surface area contributed by atoms with Crippen LogP contribution in [-0.4, -0.2) is 37.6 Å². The van der Waals surface area contributed by atoms with Gasteiger partial charge in [-0.25, -0.2) is 0 Å². The van der Waals surface area contributed by atoms with Gasteiger partial charge in [0.1, 0.15) is 17.1 Å². The van der Waals surface area contributed by atoms with Gasteiger partial charge in [0, 0.05) is 12.6 Å². The number of carbonyl (C=O) groups is 1. The first-order valence-corrected chi connectivity index (χ1v) is 6.71. The number of methoxy groups -OCH3 is 2. The van der Waals surface area contributed by atoms with E-state index in [9.17, 15) is 4.79 Å². The number of carbonyl (C=O) groups excluding carboxylic acids is 1. The molecule has 1 amide bonds. The third-order valence-electron chi connectivity index (χ3n) is 3.71. The van der Waals surface area contributed by atoms with E-state index in [1.807, 2.05) is 11.0 Å². The van der Waals surface area contributed by atoms with E-state index in [4.69, 9.17) is 9.47 Å². The lowest BCUT2D eigenvalue weighted by Gasteiger charge is -2.34. The van der Waals surface area contributed by atoms with Gasteiger partial charge in [0.05, 0.1) is 14.2 Å². The Balaban J connectivity index is 2.36. The summed E-state index contributed by atoms with van der Waals surface area (Å²) >= 11 is 0. The van der Waals surface area contributed by atoms with Crippen LogP contribution < -0.4 is 9.47 Å².